The number of hydrogen-bond donors (Lipinski definition) is 2. The van der Waals surface area contributed by atoms with Crippen LogP contribution in [0.5, 0.6) is 0 Å². The lowest BCUT2D eigenvalue weighted by atomic mass is 10.1. The van der Waals surface area contributed by atoms with Crippen LogP contribution >= 0.6 is 0 Å². The van der Waals surface area contributed by atoms with E-state index in [1.165, 1.54) is 4.57 Å². The van der Waals surface area contributed by atoms with Gasteiger partial charge in [0.1, 0.15) is 5.69 Å². The molecule has 1 aliphatic heterocycles. The van der Waals surface area contributed by atoms with E-state index >= 15 is 0 Å². The fraction of sp³-hybridized carbons (Fsp3) is 0.722. The number of carbonyl (C=O) groups is 1. The third kappa shape index (κ3) is 4.68. The Labute approximate surface area is 154 Å². The molecule has 2 rings (SSSR count). The van der Waals surface area contributed by atoms with E-state index in [-0.39, 0.29) is 28.9 Å². The average Bonchev–Trinajstić information content (AvgIpc) is 2.54. The van der Waals surface area contributed by atoms with Gasteiger partial charge in [0.15, 0.2) is 0 Å². The van der Waals surface area contributed by atoms with E-state index in [9.17, 15) is 14.4 Å². The molecule has 0 radical (unpaired) electrons. The summed E-state index contributed by atoms with van der Waals surface area (Å²) >= 11 is 0. The Balaban J connectivity index is 2.21. The molecule has 2 amide bonds. The molecule has 0 aromatic carbocycles. The normalized spacial score (nSPS) is 17.9. The van der Waals surface area contributed by atoms with Gasteiger partial charge in [0, 0.05) is 44.0 Å². The molecule has 1 saturated heterocycles. The van der Waals surface area contributed by atoms with Gasteiger partial charge in [0.05, 0.1) is 0 Å². The molecule has 1 unspecified atom stereocenters. The largest absolute Gasteiger partial charge is 0.364 e. The molecule has 0 spiro atoms. The Morgan fingerprint density at radius 1 is 1.23 bits per heavy atom. The maximum absolute atomic E-state index is 12.7. The highest BCUT2D eigenvalue weighted by Gasteiger charge is 2.25. The zero-order chi connectivity index (χ0) is 19.5. The van der Waals surface area contributed by atoms with Gasteiger partial charge in [-0.2, -0.15) is 0 Å². The smallest absolute Gasteiger partial charge is 0.331 e. The van der Waals surface area contributed by atoms with Gasteiger partial charge in [-0.3, -0.25) is 13.9 Å². The van der Waals surface area contributed by atoms with Gasteiger partial charge in [-0.05, 0) is 47.5 Å². The molecule has 1 fully saturated rings. The number of hydrogen-bond acceptors (Lipinski definition) is 4. The van der Waals surface area contributed by atoms with Crippen molar-refractivity contribution < 1.29 is 4.79 Å². The lowest BCUT2D eigenvalue weighted by molar-refractivity contribution is 0.226. The fourth-order valence-electron chi connectivity index (χ4n) is 3.24. The summed E-state index contributed by atoms with van der Waals surface area (Å²) in [5, 5.41) is 5.89. The number of carbonyl (C=O) groups excluding carboxylic acids is 1. The summed E-state index contributed by atoms with van der Waals surface area (Å²) < 4.78 is 2.83. The van der Waals surface area contributed by atoms with Gasteiger partial charge in [-0.15, -0.1) is 0 Å². The summed E-state index contributed by atoms with van der Waals surface area (Å²) in [7, 11) is 0. The first-order valence-corrected chi connectivity index (χ1v) is 9.34. The van der Waals surface area contributed by atoms with Crippen LogP contribution in [0.15, 0.2) is 15.8 Å². The van der Waals surface area contributed by atoms with Gasteiger partial charge in [-0.25, -0.2) is 9.59 Å². The summed E-state index contributed by atoms with van der Waals surface area (Å²) in [5.41, 5.74) is -0.317. The van der Waals surface area contributed by atoms with E-state index in [1.807, 2.05) is 32.6 Å². The molecular formula is C18H31N5O3. The van der Waals surface area contributed by atoms with Crippen LogP contribution in [-0.4, -0.2) is 39.8 Å². The molecule has 2 N–H and O–H groups in total. The number of nitrogens with one attached hydrogen (secondary N) is 2. The molecule has 1 atom stereocenters. The minimum absolute atomic E-state index is 0.0393. The van der Waals surface area contributed by atoms with Gasteiger partial charge in [0.2, 0.25) is 0 Å². The van der Waals surface area contributed by atoms with Crippen molar-refractivity contribution in [1.29, 1.82) is 0 Å². The Kier molecular flexibility index (Phi) is 6.15. The van der Waals surface area contributed by atoms with E-state index < -0.39 is 0 Å². The van der Waals surface area contributed by atoms with Crippen LogP contribution in [0.1, 0.15) is 47.5 Å². The topological polar surface area (TPSA) is 88.4 Å². The van der Waals surface area contributed by atoms with E-state index in [0.29, 0.717) is 25.3 Å². The summed E-state index contributed by atoms with van der Waals surface area (Å²) in [6.45, 7) is 11.6. The number of urea groups is 1. The van der Waals surface area contributed by atoms with Crippen molar-refractivity contribution in [1.82, 2.24) is 19.8 Å². The molecule has 8 heteroatoms. The van der Waals surface area contributed by atoms with E-state index in [0.717, 1.165) is 19.4 Å². The zero-order valence-electron chi connectivity index (χ0n) is 16.5. The number of amides is 2. The molecule has 8 nitrogen and oxygen atoms in total. The molecule has 2 heterocycles. The van der Waals surface area contributed by atoms with Crippen LogP contribution in [0.2, 0.25) is 0 Å². The van der Waals surface area contributed by atoms with Gasteiger partial charge >= 0.3 is 11.7 Å². The Hall–Kier alpha value is -2.25. The van der Waals surface area contributed by atoms with Crippen molar-refractivity contribution >= 4 is 11.7 Å². The first kappa shape index (κ1) is 20.1. The van der Waals surface area contributed by atoms with Crippen molar-refractivity contribution in [3.63, 3.8) is 0 Å². The summed E-state index contributed by atoms with van der Waals surface area (Å²) in [4.78, 5) is 39.1. The molecule has 1 aliphatic rings. The number of aryl methyl sites for hydroxylation is 1. The summed E-state index contributed by atoms with van der Waals surface area (Å²) in [6, 6.07) is -0.239. The van der Waals surface area contributed by atoms with E-state index in [1.54, 1.807) is 17.7 Å². The highest BCUT2D eigenvalue weighted by molar-refractivity contribution is 5.75. The highest BCUT2D eigenvalue weighted by atomic mass is 16.2. The molecular weight excluding hydrogens is 334 g/mol. The number of anilines is 1. The second-order valence-electron chi connectivity index (χ2n) is 7.77. The Bertz CT molecular complexity index is 760. The maximum atomic E-state index is 12.7. The van der Waals surface area contributed by atoms with E-state index in [2.05, 4.69) is 10.6 Å². The standard InChI is InChI=1S/C18H31N5O3/c1-6-21-12-14(15(24)23(7-2)17(21)26)22-10-8-9-13(11-22)19-16(25)20-18(3,4)5/h12-13H,6-11H2,1-5H3,(H2,19,20,25). The van der Waals surface area contributed by atoms with Crippen molar-refractivity contribution in [2.24, 2.45) is 0 Å². The Morgan fingerprint density at radius 3 is 2.50 bits per heavy atom. The minimum Gasteiger partial charge on any atom is -0.364 e. The minimum atomic E-state index is -0.302. The van der Waals surface area contributed by atoms with Gasteiger partial charge in [0.25, 0.3) is 5.56 Å². The van der Waals surface area contributed by atoms with Crippen molar-refractivity contribution in [3.05, 3.63) is 27.0 Å². The molecule has 0 aliphatic carbocycles. The fourth-order valence-corrected chi connectivity index (χ4v) is 3.24. The molecule has 26 heavy (non-hydrogen) atoms. The number of nitrogens with zero attached hydrogens (tertiary/aromatic N) is 3. The zero-order valence-corrected chi connectivity index (χ0v) is 16.5. The molecule has 1 aromatic heterocycles. The maximum Gasteiger partial charge on any atom is 0.331 e. The monoisotopic (exact) mass is 365 g/mol. The van der Waals surface area contributed by atoms with Gasteiger partial charge < -0.3 is 15.5 Å². The lowest BCUT2D eigenvalue weighted by Gasteiger charge is -2.35. The van der Waals surface area contributed by atoms with Crippen LogP contribution < -0.4 is 26.8 Å². The lowest BCUT2D eigenvalue weighted by Crippen LogP contribution is -2.55. The molecule has 146 valence electrons. The van der Waals surface area contributed by atoms with Crippen LogP contribution in [-0.2, 0) is 13.1 Å². The number of aromatic nitrogens is 2. The highest BCUT2D eigenvalue weighted by Crippen LogP contribution is 2.16. The molecule has 1 aromatic rings. The third-order valence-electron chi connectivity index (χ3n) is 4.46. The van der Waals surface area contributed by atoms with Crippen LogP contribution in [0.4, 0.5) is 10.5 Å². The van der Waals surface area contributed by atoms with Crippen LogP contribution in [0.25, 0.3) is 0 Å². The number of piperidine rings is 1. The average molecular weight is 365 g/mol. The second-order valence-corrected chi connectivity index (χ2v) is 7.77. The molecule has 0 saturated carbocycles. The van der Waals surface area contributed by atoms with Gasteiger partial charge in [-0.1, -0.05) is 0 Å². The number of rotatable bonds is 4. The first-order chi connectivity index (χ1) is 12.2. The summed E-state index contributed by atoms with van der Waals surface area (Å²) in [5.74, 6) is 0. The SMILES string of the molecule is CCn1cc(N2CCCC(NC(=O)NC(C)(C)C)C2)c(=O)n(CC)c1=O. The predicted molar refractivity (Wildman–Crippen MR) is 103 cm³/mol. The Morgan fingerprint density at radius 2 is 1.92 bits per heavy atom. The van der Waals surface area contributed by atoms with E-state index in [4.69, 9.17) is 0 Å². The first-order valence-electron chi connectivity index (χ1n) is 9.34. The van der Waals surface area contributed by atoms with Crippen molar-refractivity contribution in [2.75, 3.05) is 18.0 Å². The summed E-state index contributed by atoms with van der Waals surface area (Å²) in [6.07, 6.45) is 3.38. The van der Waals surface area contributed by atoms with Crippen LogP contribution in [0, 0.1) is 0 Å². The quantitative estimate of drug-likeness (QED) is 0.837. The molecule has 0 bridgehead atoms. The van der Waals surface area contributed by atoms with Crippen molar-refractivity contribution in [3.8, 4) is 0 Å². The van der Waals surface area contributed by atoms with Crippen LogP contribution in [0.3, 0.4) is 0 Å². The third-order valence-corrected chi connectivity index (χ3v) is 4.46. The second kappa shape index (κ2) is 7.97. The predicted octanol–water partition coefficient (Wildman–Crippen LogP) is 1.12. The van der Waals surface area contributed by atoms with Crippen molar-refractivity contribution in [2.45, 2.75) is 72.1 Å².